The Balaban J connectivity index is 2.54. The molecule has 0 fully saturated rings. The van der Waals surface area contributed by atoms with Gasteiger partial charge >= 0.3 is 0 Å². The Kier molecular flexibility index (Phi) is 4.90. The molecule has 2 rings (SSSR count). The Hall–Kier alpha value is -1.95. The molecule has 0 aliphatic carbocycles. The highest BCUT2D eigenvalue weighted by molar-refractivity contribution is 6.28. The average Bonchev–Trinajstić information content (AvgIpc) is 2.48. The van der Waals surface area contributed by atoms with Crippen molar-refractivity contribution in [1.82, 2.24) is 15.0 Å². The molecule has 112 valence electrons. The van der Waals surface area contributed by atoms with E-state index in [4.69, 9.17) is 16.3 Å². The summed E-state index contributed by atoms with van der Waals surface area (Å²) < 4.78 is 19.3. The van der Waals surface area contributed by atoms with Gasteiger partial charge in [0, 0.05) is 13.1 Å². The molecule has 0 aliphatic rings. The molecule has 1 aromatic heterocycles. The van der Waals surface area contributed by atoms with Crippen molar-refractivity contribution in [3.8, 4) is 17.1 Å². The Morgan fingerprint density at radius 3 is 2.52 bits per heavy atom. The van der Waals surface area contributed by atoms with Crippen molar-refractivity contribution in [3.63, 3.8) is 0 Å². The van der Waals surface area contributed by atoms with Crippen LogP contribution in [-0.2, 0) is 0 Å². The van der Waals surface area contributed by atoms with E-state index in [-0.39, 0.29) is 22.4 Å². The summed E-state index contributed by atoms with van der Waals surface area (Å²) in [6.45, 7) is 5.40. The van der Waals surface area contributed by atoms with Crippen LogP contribution in [0.5, 0.6) is 5.75 Å². The highest BCUT2D eigenvalue weighted by Crippen LogP contribution is 2.28. The largest absolute Gasteiger partial charge is 0.494 e. The topological polar surface area (TPSA) is 51.1 Å². The minimum atomic E-state index is -0.521. The summed E-state index contributed by atoms with van der Waals surface area (Å²) in [5, 5.41) is 0.0316. The van der Waals surface area contributed by atoms with E-state index >= 15 is 0 Å². The number of ether oxygens (including phenoxy) is 1. The van der Waals surface area contributed by atoms with E-state index in [9.17, 15) is 4.39 Å². The van der Waals surface area contributed by atoms with Crippen molar-refractivity contribution in [2.75, 3.05) is 25.1 Å². The molecule has 0 unspecified atom stereocenters. The number of rotatable bonds is 5. The maximum absolute atomic E-state index is 14.3. The Labute approximate surface area is 127 Å². The van der Waals surface area contributed by atoms with Gasteiger partial charge in [-0.15, -0.1) is 0 Å². The van der Waals surface area contributed by atoms with Crippen LogP contribution < -0.4 is 9.64 Å². The molecule has 0 bridgehead atoms. The van der Waals surface area contributed by atoms with E-state index in [0.29, 0.717) is 5.95 Å². The Bertz CT molecular complexity index is 634. The molecule has 2 aromatic rings. The predicted octanol–water partition coefficient (Wildman–Crippen LogP) is 3.19. The lowest BCUT2D eigenvalue weighted by atomic mass is 10.2. The molecular formula is C14H16ClFN4O. The molecule has 0 saturated heterocycles. The first-order chi connectivity index (χ1) is 10.1. The number of anilines is 1. The standard InChI is InChI=1S/C14H16ClFN4O/c1-4-20(5-2)14-18-12(17-13(15)19-14)9-7-6-8-10(21-3)11(9)16/h6-8H,4-5H2,1-3H3. The lowest BCUT2D eigenvalue weighted by molar-refractivity contribution is 0.387. The first-order valence-corrected chi connectivity index (χ1v) is 6.97. The van der Waals surface area contributed by atoms with Crippen molar-refractivity contribution in [1.29, 1.82) is 0 Å². The van der Waals surface area contributed by atoms with Gasteiger partial charge in [0.2, 0.25) is 11.2 Å². The first-order valence-electron chi connectivity index (χ1n) is 6.60. The van der Waals surface area contributed by atoms with E-state index < -0.39 is 5.82 Å². The lowest BCUT2D eigenvalue weighted by Gasteiger charge is -2.18. The highest BCUT2D eigenvalue weighted by Gasteiger charge is 2.16. The minimum Gasteiger partial charge on any atom is -0.494 e. The summed E-state index contributed by atoms with van der Waals surface area (Å²) in [6.07, 6.45) is 0. The monoisotopic (exact) mass is 310 g/mol. The summed E-state index contributed by atoms with van der Waals surface area (Å²) in [5.41, 5.74) is 0.229. The van der Waals surface area contributed by atoms with Crippen LogP contribution in [0, 0.1) is 5.82 Å². The van der Waals surface area contributed by atoms with Gasteiger partial charge in [-0.05, 0) is 37.6 Å². The maximum atomic E-state index is 14.3. The van der Waals surface area contributed by atoms with Crippen LogP contribution in [0.4, 0.5) is 10.3 Å². The third kappa shape index (κ3) is 3.21. The summed E-state index contributed by atoms with van der Waals surface area (Å²) in [6, 6.07) is 4.79. The van der Waals surface area contributed by atoms with Crippen molar-refractivity contribution in [2.45, 2.75) is 13.8 Å². The third-order valence-corrected chi connectivity index (χ3v) is 3.24. The van der Waals surface area contributed by atoms with Gasteiger partial charge in [-0.3, -0.25) is 0 Å². The van der Waals surface area contributed by atoms with Crippen molar-refractivity contribution in [3.05, 3.63) is 29.3 Å². The molecule has 0 spiro atoms. The molecule has 7 heteroatoms. The number of hydrogen-bond acceptors (Lipinski definition) is 5. The van der Waals surface area contributed by atoms with Gasteiger partial charge in [0.05, 0.1) is 12.7 Å². The normalized spacial score (nSPS) is 10.5. The van der Waals surface area contributed by atoms with Gasteiger partial charge in [-0.1, -0.05) is 6.07 Å². The van der Waals surface area contributed by atoms with E-state index in [0.717, 1.165) is 13.1 Å². The predicted molar refractivity (Wildman–Crippen MR) is 80.3 cm³/mol. The van der Waals surface area contributed by atoms with Crippen LogP contribution in [-0.4, -0.2) is 35.2 Å². The van der Waals surface area contributed by atoms with Crippen LogP contribution in [0.15, 0.2) is 18.2 Å². The number of methoxy groups -OCH3 is 1. The van der Waals surface area contributed by atoms with E-state index in [1.807, 2.05) is 18.7 Å². The summed E-state index contributed by atoms with van der Waals surface area (Å²) >= 11 is 5.94. The second kappa shape index (κ2) is 6.67. The molecule has 0 amide bonds. The first kappa shape index (κ1) is 15.4. The summed E-state index contributed by atoms with van der Waals surface area (Å²) in [7, 11) is 1.41. The SMILES string of the molecule is CCN(CC)c1nc(Cl)nc(-c2cccc(OC)c2F)n1. The molecule has 0 saturated carbocycles. The molecule has 5 nitrogen and oxygen atoms in total. The number of hydrogen-bond donors (Lipinski definition) is 0. The second-order valence-corrected chi connectivity index (χ2v) is 4.56. The Morgan fingerprint density at radius 1 is 1.19 bits per heavy atom. The number of halogens is 2. The molecule has 0 N–H and O–H groups in total. The minimum absolute atomic E-state index is 0.0316. The van der Waals surface area contributed by atoms with Crippen LogP contribution >= 0.6 is 11.6 Å². The fourth-order valence-corrected chi connectivity index (χ4v) is 2.10. The van der Waals surface area contributed by atoms with E-state index in [1.54, 1.807) is 12.1 Å². The summed E-state index contributed by atoms with van der Waals surface area (Å²) in [4.78, 5) is 14.3. The van der Waals surface area contributed by atoms with Gasteiger partial charge in [-0.2, -0.15) is 15.0 Å². The zero-order chi connectivity index (χ0) is 15.4. The van der Waals surface area contributed by atoms with Crippen LogP contribution in [0.25, 0.3) is 11.4 Å². The Morgan fingerprint density at radius 2 is 1.90 bits per heavy atom. The van der Waals surface area contributed by atoms with Gasteiger partial charge in [0.25, 0.3) is 0 Å². The molecule has 0 radical (unpaired) electrons. The van der Waals surface area contributed by atoms with Crippen LogP contribution in [0.1, 0.15) is 13.8 Å². The molecule has 0 atom stereocenters. The van der Waals surface area contributed by atoms with Gasteiger partial charge in [0.15, 0.2) is 17.4 Å². The molecule has 1 aromatic carbocycles. The lowest BCUT2D eigenvalue weighted by Crippen LogP contribution is -2.24. The van der Waals surface area contributed by atoms with Crippen molar-refractivity contribution < 1.29 is 9.13 Å². The quantitative estimate of drug-likeness (QED) is 0.849. The van der Waals surface area contributed by atoms with Gasteiger partial charge in [-0.25, -0.2) is 4.39 Å². The zero-order valence-electron chi connectivity index (χ0n) is 12.1. The van der Waals surface area contributed by atoms with Crippen LogP contribution in [0.3, 0.4) is 0 Å². The average molecular weight is 311 g/mol. The van der Waals surface area contributed by atoms with E-state index in [2.05, 4.69) is 15.0 Å². The van der Waals surface area contributed by atoms with Gasteiger partial charge in [0.1, 0.15) is 0 Å². The van der Waals surface area contributed by atoms with Crippen molar-refractivity contribution >= 4 is 17.5 Å². The smallest absolute Gasteiger partial charge is 0.230 e. The molecule has 21 heavy (non-hydrogen) atoms. The summed E-state index contributed by atoms with van der Waals surface area (Å²) in [5.74, 6) is 0.228. The number of aromatic nitrogens is 3. The molecule has 1 heterocycles. The van der Waals surface area contributed by atoms with Crippen LogP contribution in [0.2, 0.25) is 5.28 Å². The number of benzene rings is 1. The molecule has 0 aliphatic heterocycles. The fourth-order valence-electron chi connectivity index (χ4n) is 1.95. The third-order valence-electron chi connectivity index (χ3n) is 3.07. The maximum Gasteiger partial charge on any atom is 0.230 e. The number of nitrogens with zero attached hydrogens (tertiary/aromatic N) is 4. The zero-order valence-corrected chi connectivity index (χ0v) is 12.9. The van der Waals surface area contributed by atoms with E-state index in [1.165, 1.54) is 13.2 Å². The fraction of sp³-hybridized carbons (Fsp3) is 0.357. The van der Waals surface area contributed by atoms with Gasteiger partial charge < -0.3 is 9.64 Å². The highest BCUT2D eigenvalue weighted by atomic mass is 35.5. The second-order valence-electron chi connectivity index (χ2n) is 4.22. The van der Waals surface area contributed by atoms with Crippen molar-refractivity contribution in [2.24, 2.45) is 0 Å². The molecular weight excluding hydrogens is 295 g/mol.